The molecule has 1 aromatic carbocycles. The van der Waals surface area contributed by atoms with Crippen LogP contribution in [0.3, 0.4) is 0 Å². The monoisotopic (exact) mass is 363 g/mol. The lowest BCUT2D eigenvalue weighted by molar-refractivity contribution is -0.139. The topological polar surface area (TPSA) is 52.7 Å². The van der Waals surface area contributed by atoms with Crippen molar-refractivity contribution in [2.45, 2.75) is 58.0 Å². The summed E-state index contributed by atoms with van der Waals surface area (Å²) in [5, 5.41) is 2.73. The van der Waals surface area contributed by atoms with Crippen molar-refractivity contribution in [3.63, 3.8) is 0 Å². The number of hydrogen-bond acceptors (Lipinski definition) is 3. The molecule has 1 aliphatic rings. The van der Waals surface area contributed by atoms with E-state index in [2.05, 4.69) is 5.32 Å². The van der Waals surface area contributed by atoms with Gasteiger partial charge in [0, 0.05) is 18.3 Å². The summed E-state index contributed by atoms with van der Waals surface area (Å²) in [6.07, 6.45) is 5.75. The first-order chi connectivity index (χ1) is 12.4. The Hall–Kier alpha value is -1.95. The molecule has 6 heteroatoms. The van der Waals surface area contributed by atoms with Gasteiger partial charge in [-0.2, -0.15) is 0 Å². The lowest BCUT2D eigenvalue weighted by Gasteiger charge is -2.37. The second-order valence-electron chi connectivity index (χ2n) is 7.06. The van der Waals surface area contributed by atoms with Gasteiger partial charge in [-0.15, -0.1) is 0 Å². The number of likely N-dealkylation sites (N-methyl/N-ethyl adjacent to an activating group) is 2. The molecule has 0 radical (unpaired) electrons. The highest BCUT2D eigenvalue weighted by molar-refractivity contribution is 5.92. The Morgan fingerprint density at radius 1 is 1.19 bits per heavy atom. The van der Waals surface area contributed by atoms with E-state index >= 15 is 0 Å². The van der Waals surface area contributed by atoms with Crippen LogP contribution in [0.5, 0.6) is 0 Å². The highest BCUT2D eigenvalue weighted by Crippen LogP contribution is 2.23. The molecule has 0 heterocycles. The second-order valence-corrected chi connectivity index (χ2v) is 7.06. The lowest BCUT2D eigenvalue weighted by atomic mass is 9.93. The highest BCUT2D eigenvalue weighted by Gasteiger charge is 2.29. The Balaban J connectivity index is 1.89. The number of nitrogens with one attached hydrogen (secondary N) is 1. The zero-order valence-electron chi connectivity index (χ0n) is 16.0. The Morgan fingerprint density at radius 3 is 2.38 bits per heavy atom. The number of carbonyl (C=O) groups excluding carboxylic acids is 2. The Morgan fingerprint density at radius 2 is 1.81 bits per heavy atom. The van der Waals surface area contributed by atoms with Crippen LogP contribution in [0.15, 0.2) is 24.3 Å². The van der Waals surface area contributed by atoms with Gasteiger partial charge in [-0.05, 0) is 58.0 Å². The van der Waals surface area contributed by atoms with E-state index in [1.54, 1.807) is 11.9 Å². The summed E-state index contributed by atoms with van der Waals surface area (Å²) in [6.45, 7) is 4.66. The predicted molar refractivity (Wildman–Crippen MR) is 101 cm³/mol. The molecule has 5 nitrogen and oxygen atoms in total. The van der Waals surface area contributed by atoms with E-state index in [-0.39, 0.29) is 30.2 Å². The van der Waals surface area contributed by atoms with Crippen LogP contribution in [0.4, 0.5) is 10.1 Å². The Kier molecular flexibility index (Phi) is 7.57. The summed E-state index contributed by atoms with van der Waals surface area (Å²) >= 11 is 0. The number of amides is 2. The normalized spacial score (nSPS) is 16.3. The molecule has 0 unspecified atom stereocenters. The second kappa shape index (κ2) is 9.67. The van der Waals surface area contributed by atoms with E-state index in [1.807, 2.05) is 18.7 Å². The Labute approximate surface area is 155 Å². The number of benzene rings is 1. The number of anilines is 1. The van der Waals surface area contributed by atoms with Crippen LogP contribution >= 0.6 is 0 Å². The third-order valence-corrected chi connectivity index (χ3v) is 5.18. The third-order valence-electron chi connectivity index (χ3n) is 5.18. The molecule has 1 saturated carbocycles. The molecule has 0 aromatic heterocycles. The third kappa shape index (κ3) is 5.53. The molecule has 144 valence electrons. The first-order valence-corrected chi connectivity index (χ1v) is 9.48. The van der Waals surface area contributed by atoms with Crippen molar-refractivity contribution in [3.05, 3.63) is 30.1 Å². The number of hydrogen-bond donors (Lipinski definition) is 1. The Bertz CT molecular complexity index is 600. The van der Waals surface area contributed by atoms with E-state index in [9.17, 15) is 14.0 Å². The molecule has 1 N–H and O–H groups in total. The first-order valence-electron chi connectivity index (χ1n) is 9.48. The van der Waals surface area contributed by atoms with Crippen LogP contribution in [0.1, 0.15) is 46.0 Å². The van der Waals surface area contributed by atoms with Crippen molar-refractivity contribution in [2.24, 2.45) is 0 Å². The lowest BCUT2D eigenvalue weighted by Crippen LogP contribution is -2.51. The molecule has 0 aliphatic heterocycles. The van der Waals surface area contributed by atoms with Crippen molar-refractivity contribution < 1.29 is 14.0 Å². The molecule has 2 amide bonds. The molecular weight excluding hydrogens is 333 g/mol. The zero-order chi connectivity index (χ0) is 19.1. The van der Waals surface area contributed by atoms with Crippen molar-refractivity contribution in [1.82, 2.24) is 9.80 Å². The maximum atomic E-state index is 12.9. The molecular formula is C20H30FN3O2. The molecule has 1 atom stereocenters. The first kappa shape index (κ1) is 20.4. The van der Waals surface area contributed by atoms with Gasteiger partial charge in [0.1, 0.15) is 5.82 Å². The molecule has 1 fully saturated rings. The van der Waals surface area contributed by atoms with Crippen molar-refractivity contribution >= 4 is 17.5 Å². The van der Waals surface area contributed by atoms with Crippen LogP contribution in [0.2, 0.25) is 0 Å². The summed E-state index contributed by atoms with van der Waals surface area (Å²) in [4.78, 5) is 28.8. The van der Waals surface area contributed by atoms with E-state index in [0.29, 0.717) is 18.3 Å². The van der Waals surface area contributed by atoms with E-state index < -0.39 is 0 Å². The molecule has 0 spiro atoms. The summed E-state index contributed by atoms with van der Waals surface area (Å²) in [6, 6.07) is 5.60. The van der Waals surface area contributed by atoms with Gasteiger partial charge in [-0.25, -0.2) is 4.39 Å². The molecule has 2 rings (SSSR count). The maximum Gasteiger partial charge on any atom is 0.239 e. The average molecular weight is 363 g/mol. The zero-order valence-corrected chi connectivity index (χ0v) is 16.0. The summed E-state index contributed by atoms with van der Waals surface area (Å²) < 4.78 is 12.9. The maximum absolute atomic E-state index is 12.9. The molecule has 1 aromatic rings. The van der Waals surface area contributed by atoms with E-state index in [1.165, 1.54) is 43.5 Å². The number of halogens is 1. The van der Waals surface area contributed by atoms with Crippen LogP contribution in [0, 0.1) is 5.82 Å². The summed E-state index contributed by atoms with van der Waals surface area (Å²) in [7, 11) is 1.78. The fourth-order valence-corrected chi connectivity index (χ4v) is 3.51. The number of rotatable bonds is 7. The molecule has 26 heavy (non-hydrogen) atoms. The van der Waals surface area contributed by atoms with Gasteiger partial charge >= 0.3 is 0 Å². The van der Waals surface area contributed by atoms with Gasteiger partial charge in [-0.1, -0.05) is 19.3 Å². The van der Waals surface area contributed by atoms with Gasteiger partial charge in [0.15, 0.2) is 0 Å². The van der Waals surface area contributed by atoms with Crippen LogP contribution in [-0.4, -0.2) is 53.8 Å². The minimum atomic E-state index is -0.365. The quantitative estimate of drug-likeness (QED) is 0.809. The minimum Gasteiger partial charge on any atom is -0.339 e. The van der Waals surface area contributed by atoms with E-state index in [0.717, 1.165) is 12.8 Å². The molecule has 1 aliphatic carbocycles. The van der Waals surface area contributed by atoms with Gasteiger partial charge in [0.05, 0.1) is 12.6 Å². The van der Waals surface area contributed by atoms with Crippen LogP contribution < -0.4 is 5.32 Å². The SMILES string of the molecule is CCN(C(=O)[C@H](C)N(C)CC(=O)Nc1ccc(F)cc1)C1CCCCC1. The van der Waals surface area contributed by atoms with Gasteiger partial charge in [0.2, 0.25) is 11.8 Å². The highest BCUT2D eigenvalue weighted by atomic mass is 19.1. The average Bonchev–Trinajstić information content (AvgIpc) is 2.64. The van der Waals surface area contributed by atoms with Crippen LogP contribution in [0.25, 0.3) is 0 Å². The summed E-state index contributed by atoms with van der Waals surface area (Å²) in [5.41, 5.74) is 0.543. The fourth-order valence-electron chi connectivity index (χ4n) is 3.51. The van der Waals surface area contributed by atoms with Gasteiger partial charge in [0.25, 0.3) is 0 Å². The minimum absolute atomic E-state index is 0.0801. The predicted octanol–water partition coefficient (Wildman–Crippen LogP) is 3.27. The largest absolute Gasteiger partial charge is 0.339 e. The summed E-state index contributed by atoms with van der Waals surface area (Å²) in [5.74, 6) is -0.488. The number of nitrogens with zero attached hydrogens (tertiary/aromatic N) is 2. The van der Waals surface area contributed by atoms with Gasteiger partial charge in [-0.3, -0.25) is 14.5 Å². The standard InChI is InChI=1S/C20H30FN3O2/c1-4-24(18-8-6-5-7-9-18)20(26)15(2)23(3)14-19(25)22-17-12-10-16(21)11-13-17/h10-13,15,18H,4-9,14H2,1-3H3,(H,22,25)/t15-/m0/s1. The van der Waals surface area contributed by atoms with Crippen molar-refractivity contribution in [3.8, 4) is 0 Å². The van der Waals surface area contributed by atoms with Crippen LogP contribution in [-0.2, 0) is 9.59 Å². The molecule has 0 saturated heterocycles. The van der Waals surface area contributed by atoms with Crippen molar-refractivity contribution in [1.29, 1.82) is 0 Å². The van der Waals surface area contributed by atoms with E-state index in [4.69, 9.17) is 0 Å². The number of carbonyl (C=O) groups is 2. The van der Waals surface area contributed by atoms with Crippen molar-refractivity contribution in [2.75, 3.05) is 25.5 Å². The fraction of sp³-hybridized carbons (Fsp3) is 0.600. The van der Waals surface area contributed by atoms with Gasteiger partial charge < -0.3 is 10.2 Å². The smallest absolute Gasteiger partial charge is 0.239 e. The molecule has 0 bridgehead atoms.